The van der Waals surface area contributed by atoms with Gasteiger partial charge in [0.25, 0.3) is 0 Å². The summed E-state index contributed by atoms with van der Waals surface area (Å²) in [6, 6.07) is 9.82. The number of fused-ring (bicyclic) bond motifs is 1. The van der Waals surface area contributed by atoms with E-state index < -0.39 is 22.5 Å². The van der Waals surface area contributed by atoms with Crippen molar-refractivity contribution < 1.29 is 30.8 Å². The third-order valence-corrected chi connectivity index (χ3v) is 4.22. The summed E-state index contributed by atoms with van der Waals surface area (Å²) in [6.45, 7) is 0. The monoisotopic (exact) mass is 374 g/mol. The number of carbonyl (C=O) groups is 1. The molecule has 27 heavy (non-hydrogen) atoms. The maximum absolute atomic E-state index is 11.7. The molecular weight excluding hydrogens is 356 g/mol. The van der Waals surface area contributed by atoms with Gasteiger partial charge in [-0.3, -0.25) is 0 Å². The van der Waals surface area contributed by atoms with Crippen LogP contribution in [0.15, 0.2) is 48.7 Å². The van der Waals surface area contributed by atoms with Gasteiger partial charge in [0.2, 0.25) is 0 Å². The fourth-order valence-corrected chi connectivity index (χ4v) is 2.89. The molecule has 1 heterocycles. The first-order chi connectivity index (χ1) is 12.9. The smallest absolute Gasteiger partial charge is 0.326 e. The second-order valence-electron chi connectivity index (χ2n) is 5.97. The Balaban J connectivity index is 1.90. The Morgan fingerprint density at radius 1 is 1.15 bits per heavy atom. The maximum atomic E-state index is 11.7. The summed E-state index contributed by atoms with van der Waals surface area (Å²) < 4.78 is 0. The van der Waals surface area contributed by atoms with Crippen LogP contribution in [0.4, 0.5) is 17.1 Å². The van der Waals surface area contributed by atoms with Crippen LogP contribution in [0.5, 0.6) is 0 Å². The van der Waals surface area contributed by atoms with Gasteiger partial charge in [-0.15, -0.1) is 0 Å². The largest absolute Gasteiger partial charge is 0.595 e. The Morgan fingerprint density at radius 3 is 2.56 bits per heavy atom. The summed E-state index contributed by atoms with van der Waals surface area (Å²) >= 11 is 0. The lowest BCUT2D eigenvalue weighted by Gasteiger charge is -2.21. The van der Waals surface area contributed by atoms with Crippen molar-refractivity contribution in [3.05, 3.63) is 64.6 Å². The highest BCUT2D eigenvalue weighted by atomic mass is 16.8. The third-order valence-electron chi connectivity index (χ3n) is 4.22. The molecule has 10 nitrogen and oxygen atoms in total. The number of H-pyrrole nitrogens is 1. The summed E-state index contributed by atoms with van der Waals surface area (Å²) in [4.78, 5) is 14.8. The number of carboxylic acid groups (broad SMARTS) is 1. The molecule has 0 aliphatic carbocycles. The number of anilines is 1. The number of nitrogens with one attached hydrogen (secondary N) is 4. The summed E-state index contributed by atoms with van der Waals surface area (Å²) in [5.41, 5.74) is 1.18. The molecule has 0 spiro atoms. The Labute approximate surface area is 152 Å². The van der Waals surface area contributed by atoms with Gasteiger partial charge in [0.15, 0.2) is 11.4 Å². The molecule has 2 unspecified atom stereocenters. The first-order valence-corrected chi connectivity index (χ1v) is 8.02. The van der Waals surface area contributed by atoms with E-state index in [2.05, 4.69) is 10.3 Å². The lowest BCUT2D eigenvalue weighted by atomic mass is 10.0. The molecule has 3 aromatic rings. The Morgan fingerprint density at radius 2 is 1.89 bits per heavy atom. The van der Waals surface area contributed by atoms with E-state index in [9.17, 15) is 25.5 Å². The molecule has 0 saturated carbocycles. The number of quaternary nitrogens is 2. The summed E-state index contributed by atoms with van der Waals surface area (Å²) in [5, 5.41) is 51.4. The van der Waals surface area contributed by atoms with Crippen molar-refractivity contribution >= 4 is 33.9 Å². The summed E-state index contributed by atoms with van der Waals surface area (Å²) in [6.07, 6.45) is 1.83. The highest BCUT2D eigenvalue weighted by Gasteiger charge is 2.23. The second kappa shape index (κ2) is 7.72. The SMILES string of the molecule is O=C(O)[C@H](Cc1c[nH]c2ccccc12)Nc1ccc([NH+]([O-])O)cc1[NH+]([O-])O. The highest BCUT2D eigenvalue weighted by molar-refractivity contribution is 5.85. The van der Waals surface area contributed by atoms with Crippen LogP contribution < -0.4 is 15.8 Å². The van der Waals surface area contributed by atoms with Gasteiger partial charge in [-0.2, -0.15) is 10.5 Å². The number of aliphatic carboxylic acids is 1. The predicted molar refractivity (Wildman–Crippen MR) is 95.0 cm³/mol. The van der Waals surface area contributed by atoms with Crippen LogP contribution in [0.3, 0.4) is 0 Å². The molecule has 0 amide bonds. The average Bonchev–Trinajstić information content (AvgIpc) is 3.04. The van der Waals surface area contributed by atoms with Gasteiger partial charge < -0.3 is 25.8 Å². The van der Waals surface area contributed by atoms with Gasteiger partial charge in [-0.05, 0) is 17.7 Å². The van der Waals surface area contributed by atoms with Crippen LogP contribution in [0.2, 0.25) is 0 Å². The van der Waals surface area contributed by atoms with Crippen molar-refractivity contribution in [1.82, 2.24) is 4.98 Å². The standard InChI is InChI=1S/C17H18N4O6/c22-17(23)15(7-10-9-18-13-4-2-1-3-12(10)13)19-14-6-5-11(20(24)25)8-16(14)21(26)27/h1-6,8-9,15,18-21,24,26H,7H2,(H,22,23)/t15-/m0/s1. The molecule has 1 aromatic heterocycles. The number of aromatic amines is 1. The van der Waals surface area contributed by atoms with Crippen LogP contribution in [-0.4, -0.2) is 32.5 Å². The van der Waals surface area contributed by atoms with Crippen LogP contribution in [-0.2, 0) is 11.2 Å². The molecule has 3 atom stereocenters. The fraction of sp³-hybridized carbons (Fsp3) is 0.118. The van der Waals surface area contributed by atoms with Crippen LogP contribution in [0.1, 0.15) is 5.56 Å². The van der Waals surface area contributed by atoms with E-state index in [4.69, 9.17) is 5.21 Å². The van der Waals surface area contributed by atoms with Gasteiger partial charge >= 0.3 is 5.97 Å². The van der Waals surface area contributed by atoms with E-state index >= 15 is 0 Å². The zero-order valence-electron chi connectivity index (χ0n) is 14.0. The number of aromatic nitrogens is 1. The summed E-state index contributed by atoms with van der Waals surface area (Å²) in [5.74, 6) is -1.15. The zero-order valence-corrected chi connectivity index (χ0v) is 14.0. The minimum absolute atomic E-state index is 0.0414. The lowest BCUT2D eigenvalue weighted by Crippen LogP contribution is -3.00. The molecule has 0 saturated heterocycles. The quantitative estimate of drug-likeness (QED) is 0.288. The van der Waals surface area contributed by atoms with E-state index in [1.54, 1.807) is 6.20 Å². The van der Waals surface area contributed by atoms with Crippen LogP contribution >= 0.6 is 0 Å². The average molecular weight is 374 g/mol. The Hall–Kier alpha value is -2.99. The van der Waals surface area contributed by atoms with Gasteiger partial charge in [0.1, 0.15) is 11.7 Å². The van der Waals surface area contributed by atoms with Gasteiger partial charge in [-0.1, -0.05) is 18.2 Å². The van der Waals surface area contributed by atoms with E-state index in [1.807, 2.05) is 24.3 Å². The molecule has 142 valence electrons. The van der Waals surface area contributed by atoms with Crippen LogP contribution in [0, 0.1) is 10.4 Å². The van der Waals surface area contributed by atoms with Gasteiger partial charge in [-0.25, -0.2) is 15.2 Å². The van der Waals surface area contributed by atoms with Gasteiger partial charge in [0, 0.05) is 29.6 Å². The number of rotatable bonds is 7. The topological polar surface area (TPSA) is 161 Å². The predicted octanol–water partition coefficient (Wildman–Crippen LogP) is 0.0825. The second-order valence-corrected chi connectivity index (χ2v) is 5.97. The lowest BCUT2D eigenvalue weighted by molar-refractivity contribution is -0.996. The van der Waals surface area contributed by atoms with Crippen molar-refractivity contribution in [3.8, 4) is 0 Å². The maximum Gasteiger partial charge on any atom is 0.326 e. The first kappa shape index (κ1) is 18.8. The normalized spacial score (nSPS) is 14.7. The minimum Gasteiger partial charge on any atom is -0.595 e. The molecule has 0 radical (unpaired) electrons. The zero-order chi connectivity index (χ0) is 19.6. The van der Waals surface area contributed by atoms with Crippen molar-refractivity contribution in [2.24, 2.45) is 0 Å². The minimum atomic E-state index is -1.35. The molecule has 2 aromatic carbocycles. The van der Waals surface area contributed by atoms with Crippen molar-refractivity contribution in [2.45, 2.75) is 12.5 Å². The number of benzene rings is 2. The number of hydrogen-bond donors (Lipinski definition) is 7. The number of para-hydroxylation sites is 1. The molecule has 0 fully saturated rings. The molecule has 7 N–H and O–H groups in total. The molecule has 0 aliphatic rings. The molecule has 0 bridgehead atoms. The third kappa shape index (κ3) is 4.06. The number of hydrogen-bond acceptors (Lipinski definition) is 6. The van der Waals surface area contributed by atoms with Crippen molar-refractivity contribution in [1.29, 1.82) is 0 Å². The van der Waals surface area contributed by atoms with Crippen LogP contribution in [0.25, 0.3) is 10.9 Å². The highest BCUT2D eigenvalue weighted by Crippen LogP contribution is 2.24. The Kier molecular flexibility index (Phi) is 5.37. The fourth-order valence-electron chi connectivity index (χ4n) is 2.89. The van der Waals surface area contributed by atoms with Crippen molar-refractivity contribution in [2.75, 3.05) is 5.32 Å². The Bertz CT molecular complexity index is 956. The first-order valence-electron chi connectivity index (χ1n) is 8.02. The van der Waals surface area contributed by atoms with E-state index in [-0.39, 0.29) is 23.5 Å². The number of carboxylic acids is 1. The van der Waals surface area contributed by atoms with E-state index in [0.29, 0.717) is 0 Å². The van der Waals surface area contributed by atoms with Crippen molar-refractivity contribution in [3.63, 3.8) is 0 Å². The molecule has 3 rings (SSSR count). The molecular formula is C17H18N4O6. The van der Waals surface area contributed by atoms with Gasteiger partial charge in [0.05, 0.1) is 6.07 Å². The van der Waals surface area contributed by atoms with E-state index in [0.717, 1.165) is 22.5 Å². The molecule has 10 heteroatoms. The summed E-state index contributed by atoms with van der Waals surface area (Å²) in [7, 11) is 0. The molecule has 0 aliphatic heterocycles. The van der Waals surface area contributed by atoms with E-state index in [1.165, 1.54) is 12.1 Å².